The number of thioether (sulfide) groups is 1. The van der Waals surface area contributed by atoms with Crippen molar-refractivity contribution in [2.24, 2.45) is 0 Å². The number of halogens is 1. The highest BCUT2D eigenvalue weighted by Gasteiger charge is 2.10. The van der Waals surface area contributed by atoms with Gasteiger partial charge in [0.25, 0.3) is 0 Å². The van der Waals surface area contributed by atoms with Gasteiger partial charge in [-0.2, -0.15) is 5.26 Å². The third kappa shape index (κ3) is 2.56. The number of rotatable bonds is 4. The number of hydrogen-bond acceptors (Lipinski definition) is 3. The molecule has 5 heteroatoms. The predicted molar refractivity (Wildman–Crippen MR) is 71.4 cm³/mol. The quantitative estimate of drug-likeness (QED) is 0.792. The van der Waals surface area contributed by atoms with E-state index in [4.69, 9.17) is 16.9 Å². The first-order chi connectivity index (χ1) is 8.26. The molecule has 0 N–H and O–H groups in total. The Balaban J connectivity index is 2.50. The molecule has 0 unspecified atom stereocenters. The number of hydrogen-bond donors (Lipinski definition) is 0. The molecule has 0 radical (unpaired) electrons. The lowest BCUT2D eigenvalue weighted by atomic mass is 10.3. The van der Waals surface area contributed by atoms with Crippen LogP contribution in [0.15, 0.2) is 23.4 Å². The number of imidazole rings is 1. The van der Waals surface area contributed by atoms with Crippen molar-refractivity contribution >= 4 is 34.4 Å². The third-order valence-electron chi connectivity index (χ3n) is 2.39. The van der Waals surface area contributed by atoms with Crippen LogP contribution in [0.5, 0.6) is 0 Å². The molecule has 0 aliphatic rings. The fourth-order valence-electron chi connectivity index (χ4n) is 1.73. The van der Waals surface area contributed by atoms with E-state index in [1.54, 1.807) is 0 Å². The third-order valence-corrected chi connectivity index (χ3v) is 3.47. The van der Waals surface area contributed by atoms with Crippen LogP contribution in [-0.2, 0) is 6.54 Å². The molecule has 0 atom stereocenters. The number of nitriles is 1. The van der Waals surface area contributed by atoms with Gasteiger partial charge in [0.05, 0.1) is 22.9 Å². The Morgan fingerprint density at radius 3 is 3.06 bits per heavy atom. The highest BCUT2D eigenvalue weighted by atomic mass is 35.5. The first-order valence-corrected chi connectivity index (χ1v) is 6.78. The Morgan fingerprint density at radius 1 is 1.53 bits per heavy atom. The summed E-state index contributed by atoms with van der Waals surface area (Å²) in [5.41, 5.74) is 1.98. The maximum atomic E-state index is 8.64. The molecule has 17 heavy (non-hydrogen) atoms. The van der Waals surface area contributed by atoms with Gasteiger partial charge in [0.15, 0.2) is 5.16 Å². The van der Waals surface area contributed by atoms with Gasteiger partial charge in [-0.1, -0.05) is 30.3 Å². The summed E-state index contributed by atoms with van der Waals surface area (Å²) in [7, 11) is 0. The number of fused-ring (bicyclic) bond motifs is 1. The maximum Gasteiger partial charge on any atom is 0.170 e. The summed E-state index contributed by atoms with van der Waals surface area (Å²) < 4.78 is 2.15. The molecule has 0 aliphatic carbocycles. The van der Waals surface area contributed by atoms with Gasteiger partial charge in [-0.25, -0.2) is 4.98 Å². The summed E-state index contributed by atoms with van der Waals surface area (Å²) in [6, 6.07) is 7.84. The van der Waals surface area contributed by atoms with Crippen LogP contribution in [0.25, 0.3) is 11.0 Å². The number of nitrogens with zero attached hydrogens (tertiary/aromatic N) is 3. The van der Waals surface area contributed by atoms with Crippen molar-refractivity contribution in [3.05, 3.63) is 23.2 Å². The lowest BCUT2D eigenvalue weighted by Gasteiger charge is -2.05. The Labute approximate surface area is 109 Å². The van der Waals surface area contributed by atoms with Crippen molar-refractivity contribution in [2.75, 3.05) is 5.75 Å². The second-order valence-corrected chi connectivity index (χ2v) is 5.00. The number of aromatic nitrogens is 2. The fraction of sp³-hybridized carbons (Fsp3) is 0.333. The summed E-state index contributed by atoms with van der Waals surface area (Å²) >= 11 is 7.42. The summed E-state index contributed by atoms with van der Waals surface area (Å²) in [5, 5.41) is 10.2. The Morgan fingerprint density at radius 2 is 2.35 bits per heavy atom. The van der Waals surface area contributed by atoms with Crippen LogP contribution < -0.4 is 0 Å². The predicted octanol–water partition coefficient (Wildman–Crippen LogP) is 3.72. The van der Waals surface area contributed by atoms with Crippen LogP contribution in [0, 0.1) is 11.3 Å². The zero-order chi connectivity index (χ0) is 12.3. The van der Waals surface area contributed by atoms with E-state index in [0.29, 0.717) is 10.8 Å². The molecule has 0 saturated carbocycles. The molecule has 0 spiro atoms. The Hall–Kier alpha value is -1.18. The van der Waals surface area contributed by atoms with Crippen LogP contribution in [-0.4, -0.2) is 15.3 Å². The summed E-state index contributed by atoms with van der Waals surface area (Å²) in [6.45, 7) is 3.03. The molecule has 0 bridgehead atoms. The van der Waals surface area contributed by atoms with Crippen LogP contribution in [0.4, 0.5) is 0 Å². The van der Waals surface area contributed by atoms with Crippen molar-refractivity contribution in [1.29, 1.82) is 5.26 Å². The minimum absolute atomic E-state index is 0.417. The van der Waals surface area contributed by atoms with Gasteiger partial charge in [-0.15, -0.1) is 0 Å². The minimum Gasteiger partial charge on any atom is -0.319 e. The lowest BCUT2D eigenvalue weighted by Crippen LogP contribution is -1.98. The first kappa shape index (κ1) is 12.3. The average molecular weight is 266 g/mol. The second-order valence-electron chi connectivity index (χ2n) is 3.63. The van der Waals surface area contributed by atoms with Crippen LogP contribution in [0.3, 0.4) is 0 Å². The monoisotopic (exact) mass is 265 g/mol. The van der Waals surface area contributed by atoms with Gasteiger partial charge in [0.1, 0.15) is 0 Å². The average Bonchev–Trinajstić information content (AvgIpc) is 2.64. The van der Waals surface area contributed by atoms with Crippen molar-refractivity contribution in [3.63, 3.8) is 0 Å². The number of aryl methyl sites for hydroxylation is 1. The largest absolute Gasteiger partial charge is 0.319 e. The Bertz CT molecular complexity index is 571. The molecule has 1 aromatic heterocycles. The molecule has 2 aromatic rings. The molecular weight excluding hydrogens is 254 g/mol. The van der Waals surface area contributed by atoms with E-state index in [-0.39, 0.29) is 0 Å². The van der Waals surface area contributed by atoms with Crippen molar-refractivity contribution in [1.82, 2.24) is 9.55 Å². The first-order valence-electron chi connectivity index (χ1n) is 5.41. The van der Waals surface area contributed by atoms with Crippen LogP contribution in [0.1, 0.15) is 13.3 Å². The molecular formula is C12H12ClN3S. The normalized spacial score (nSPS) is 10.6. The van der Waals surface area contributed by atoms with Gasteiger partial charge < -0.3 is 4.57 Å². The SMILES string of the molecule is CCCn1c(SCC#N)nc2cc(Cl)ccc21. The van der Waals surface area contributed by atoms with E-state index in [0.717, 1.165) is 29.2 Å². The minimum atomic E-state index is 0.417. The van der Waals surface area contributed by atoms with E-state index in [1.807, 2.05) is 18.2 Å². The van der Waals surface area contributed by atoms with E-state index in [1.165, 1.54) is 11.8 Å². The zero-order valence-corrected chi connectivity index (χ0v) is 11.1. The smallest absolute Gasteiger partial charge is 0.170 e. The van der Waals surface area contributed by atoms with Gasteiger partial charge in [0, 0.05) is 11.6 Å². The topological polar surface area (TPSA) is 41.6 Å². The molecule has 0 aliphatic heterocycles. The van der Waals surface area contributed by atoms with Gasteiger partial charge >= 0.3 is 0 Å². The highest BCUT2D eigenvalue weighted by molar-refractivity contribution is 7.99. The summed E-state index contributed by atoms with van der Waals surface area (Å²) in [6.07, 6.45) is 1.04. The lowest BCUT2D eigenvalue weighted by molar-refractivity contribution is 0.639. The molecule has 2 rings (SSSR count). The Kier molecular flexibility index (Phi) is 3.93. The number of benzene rings is 1. The molecule has 0 fully saturated rings. The summed E-state index contributed by atoms with van der Waals surface area (Å²) in [4.78, 5) is 4.52. The molecule has 0 saturated heterocycles. The molecule has 1 aromatic carbocycles. The molecule has 1 heterocycles. The van der Waals surface area contributed by atoms with Crippen molar-refractivity contribution in [3.8, 4) is 6.07 Å². The van der Waals surface area contributed by atoms with Crippen molar-refractivity contribution in [2.45, 2.75) is 25.0 Å². The zero-order valence-electron chi connectivity index (χ0n) is 9.48. The second kappa shape index (κ2) is 5.44. The van der Waals surface area contributed by atoms with Crippen LogP contribution >= 0.6 is 23.4 Å². The fourth-order valence-corrected chi connectivity index (χ4v) is 2.60. The molecule has 88 valence electrons. The van der Waals surface area contributed by atoms with E-state index >= 15 is 0 Å². The molecule has 3 nitrogen and oxygen atoms in total. The van der Waals surface area contributed by atoms with E-state index in [9.17, 15) is 0 Å². The summed E-state index contributed by atoms with van der Waals surface area (Å²) in [5.74, 6) is 0.417. The highest BCUT2D eigenvalue weighted by Crippen LogP contribution is 2.26. The van der Waals surface area contributed by atoms with Gasteiger partial charge in [-0.05, 0) is 24.6 Å². The van der Waals surface area contributed by atoms with Gasteiger partial charge in [-0.3, -0.25) is 0 Å². The maximum absolute atomic E-state index is 8.64. The van der Waals surface area contributed by atoms with Gasteiger partial charge in [0.2, 0.25) is 0 Å². The van der Waals surface area contributed by atoms with E-state index in [2.05, 4.69) is 22.5 Å². The standard InChI is InChI=1S/C12H12ClN3S/c1-2-6-16-11-4-3-9(13)8-10(11)15-12(16)17-7-5-14/h3-4,8H,2,6-7H2,1H3. The van der Waals surface area contributed by atoms with E-state index < -0.39 is 0 Å². The van der Waals surface area contributed by atoms with Crippen molar-refractivity contribution < 1.29 is 0 Å². The molecule has 0 amide bonds. The van der Waals surface area contributed by atoms with Crippen LogP contribution in [0.2, 0.25) is 5.02 Å².